The molecule has 9 nitrogen and oxygen atoms in total. The van der Waals surface area contributed by atoms with Gasteiger partial charge in [-0.25, -0.2) is 0 Å². The molecule has 1 unspecified atom stereocenters. The first-order chi connectivity index (χ1) is 22.1. The topological polar surface area (TPSA) is 83.1 Å². The summed E-state index contributed by atoms with van der Waals surface area (Å²) in [5.74, 6) is 4.71. The van der Waals surface area contributed by atoms with Crippen LogP contribution in [0.4, 0.5) is 0 Å². The number of methoxy groups -OCH3 is 9. The lowest BCUT2D eigenvalue weighted by Crippen LogP contribution is -2.70. The summed E-state index contributed by atoms with van der Waals surface area (Å²) in [7, 11) is 11.0. The third-order valence-electron chi connectivity index (χ3n) is 9.37. The Bertz CT molecular complexity index is 1520. The Balaban J connectivity index is 2.47. The first kappa shape index (κ1) is 34.4. The maximum Gasteiger partial charge on any atom is 0.203 e. The maximum atomic E-state index is 6.29. The van der Waals surface area contributed by atoms with Crippen LogP contribution in [0.15, 0.2) is 58.3 Å². The van der Waals surface area contributed by atoms with Crippen molar-refractivity contribution in [1.29, 1.82) is 0 Å². The van der Waals surface area contributed by atoms with Crippen molar-refractivity contribution in [2.75, 3.05) is 64.0 Å². The molecule has 0 amide bonds. The second-order valence-corrected chi connectivity index (χ2v) is 14.6. The molecule has 248 valence electrons. The van der Waals surface area contributed by atoms with Gasteiger partial charge in [0.15, 0.2) is 42.6 Å². The fraction of sp³-hybridized carbons (Fsp3) is 0.389. The molecule has 0 saturated carbocycles. The van der Waals surface area contributed by atoms with Crippen LogP contribution in [0.3, 0.4) is 0 Å². The Hall–Kier alpha value is -4.44. The average Bonchev–Trinajstić information content (AvgIpc) is 3.28. The van der Waals surface area contributed by atoms with Crippen molar-refractivity contribution in [3.63, 3.8) is 0 Å². The Morgan fingerprint density at radius 3 is 0.935 bits per heavy atom. The van der Waals surface area contributed by atoms with Crippen LogP contribution >= 0.6 is 0 Å². The van der Waals surface area contributed by atoms with Gasteiger partial charge in [-0.3, -0.25) is 0 Å². The Kier molecular flexibility index (Phi) is 10.4. The van der Waals surface area contributed by atoms with E-state index in [9.17, 15) is 0 Å². The molecule has 3 aromatic carbocycles. The second-order valence-electron chi connectivity index (χ2n) is 11.0. The molecule has 0 N–H and O–H groups in total. The SMILES string of the molecule is COc1ccc([Si](C2=C(C)C(C)=C(C)C2C)(c2ccc(OC)c(OC)c2OC)c2ccc(OC)c(OC)c2OC)c(OC)c1OC. The highest BCUT2D eigenvalue weighted by Crippen LogP contribution is 2.49. The Morgan fingerprint density at radius 1 is 0.413 bits per heavy atom. The highest BCUT2D eigenvalue weighted by Gasteiger charge is 2.54. The summed E-state index contributed by atoms with van der Waals surface area (Å²) in [6.45, 7) is 8.81. The number of hydrogen-bond donors (Lipinski definition) is 0. The highest BCUT2D eigenvalue weighted by molar-refractivity contribution is 7.17. The van der Waals surface area contributed by atoms with Gasteiger partial charge in [-0.05, 0) is 50.5 Å². The summed E-state index contributed by atoms with van der Waals surface area (Å²) in [4.78, 5) is 0. The van der Waals surface area contributed by atoms with Crippen molar-refractivity contribution in [3.8, 4) is 51.7 Å². The van der Waals surface area contributed by atoms with E-state index in [1.54, 1.807) is 64.0 Å². The van der Waals surface area contributed by atoms with Gasteiger partial charge in [0.1, 0.15) is 0 Å². The molecule has 10 heteroatoms. The molecule has 1 aliphatic carbocycles. The minimum Gasteiger partial charge on any atom is -0.493 e. The van der Waals surface area contributed by atoms with Crippen LogP contribution in [-0.2, 0) is 0 Å². The number of rotatable bonds is 13. The van der Waals surface area contributed by atoms with Gasteiger partial charge in [-0.1, -0.05) is 41.5 Å². The monoisotopic (exact) mass is 650 g/mol. The van der Waals surface area contributed by atoms with E-state index >= 15 is 0 Å². The lowest BCUT2D eigenvalue weighted by atomic mass is 10.1. The van der Waals surface area contributed by atoms with E-state index in [0.29, 0.717) is 51.7 Å². The lowest BCUT2D eigenvalue weighted by molar-refractivity contribution is 0.325. The normalized spacial score (nSPS) is 14.7. The predicted molar refractivity (Wildman–Crippen MR) is 183 cm³/mol. The molecule has 3 aromatic rings. The Labute approximate surface area is 273 Å². The van der Waals surface area contributed by atoms with Crippen molar-refractivity contribution in [1.82, 2.24) is 0 Å². The lowest BCUT2D eigenvalue weighted by Gasteiger charge is -2.41. The maximum absolute atomic E-state index is 6.29. The van der Waals surface area contributed by atoms with Crippen LogP contribution in [0.5, 0.6) is 51.7 Å². The molecule has 0 bridgehead atoms. The van der Waals surface area contributed by atoms with Crippen LogP contribution < -0.4 is 58.2 Å². The number of ether oxygens (including phenoxy) is 9. The van der Waals surface area contributed by atoms with E-state index < -0.39 is 8.07 Å². The molecule has 0 aliphatic heterocycles. The van der Waals surface area contributed by atoms with Gasteiger partial charge in [-0.15, -0.1) is 0 Å². The summed E-state index contributed by atoms with van der Waals surface area (Å²) in [5, 5.41) is 3.91. The molecule has 0 heterocycles. The highest BCUT2D eigenvalue weighted by atomic mass is 28.3. The molecule has 1 atom stereocenters. The zero-order chi connectivity index (χ0) is 33.9. The molecule has 0 saturated heterocycles. The van der Waals surface area contributed by atoms with Crippen molar-refractivity contribution < 1.29 is 42.6 Å². The predicted octanol–water partition coefficient (Wildman–Crippen LogP) is 5.08. The molecule has 0 aromatic heterocycles. The Morgan fingerprint density at radius 2 is 0.717 bits per heavy atom. The van der Waals surface area contributed by atoms with Gasteiger partial charge in [0.2, 0.25) is 17.2 Å². The smallest absolute Gasteiger partial charge is 0.203 e. The molecule has 4 rings (SSSR count). The first-order valence-corrected chi connectivity index (χ1v) is 16.9. The average molecular weight is 651 g/mol. The third kappa shape index (κ3) is 4.99. The van der Waals surface area contributed by atoms with Crippen molar-refractivity contribution in [3.05, 3.63) is 58.3 Å². The zero-order valence-electron chi connectivity index (χ0n) is 29.2. The van der Waals surface area contributed by atoms with E-state index in [4.69, 9.17) is 42.6 Å². The van der Waals surface area contributed by atoms with Crippen molar-refractivity contribution in [2.45, 2.75) is 27.7 Å². The fourth-order valence-corrected chi connectivity index (χ4v) is 13.1. The molecule has 1 aliphatic rings. The van der Waals surface area contributed by atoms with Crippen LogP contribution in [0.25, 0.3) is 0 Å². The van der Waals surface area contributed by atoms with Crippen LogP contribution in [0.2, 0.25) is 0 Å². The van der Waals surface area contributed by atoms with Crippen molar-refractivity contribution >= 4 is 23.6 Å². The minimum atomic E-state index is -3.59. The molecule has 46 heavy (non-hydrogen) atoms. The molecule has 0 fully saturated rings. The van der Waals surface area contributed by atoms with Gasteiger partial charge in [0.05, 0.1) is 64.0 Å². The summed E-state index contributed by atoms with van der Waals surface area (Å²) in [6, 6.07) is 11.9. The van der Waals surface area contributed by atoms with Gasteiger partial charge in [0, 0.05) is 15.6 Å². The summed E-state index contributed by atoms with van der Waals surface area (Å²) in [5.41, 5.74) is 3.70. The van der Waals surface area contributed by atoms with Gasteiger partial charge >= 0.3 is 0 Å². The number of hydrogen-bond acceptors (Lipinski definition) is 9. The van der Waals surface area contributed by atoms with Crippen molar-refractivity contribution in [2.24, 2.45) is 5.92 Å². The van der Waals surface area contributed by atoms with E-state index in [2.05, 4.69) is 45.9 Å². The van der Waals surface area contributed by atoms with Crippen LogP contribution in [0, 0.1) is 5.92 Å². The van der Waals surface area contributed by atoms with E-state index in [-0.39, 0.29) is 5.92 Å². The molecule has 0 radical (unpaired) electrons. The van der Waals surface area contributed by atoms with E-state index in [1.807, 2.05) is 18.2 Å². The summed E-state index contributed by atoms with van der Waals surface area (Å²) in [6.07, 6.45) is 0. The summed E-state index contributed by atoms with van der Waals surface area (Å²) >= 11 is 0. The molecular formula is C36H46O9Si. The van der Waals surface area contributed by atoms with Crippen LogP contribution in [0.1, 0.15) is 27.7 Å². The van der Waals surface area contributed by atoms with Gasteiger partial charge < -0.3 is 42.6 Å². The first-order valence-electron chi connectivity index (χ1n) is 14.9. The largest absolute Gasteiger partial charge is 0.493 e. The third-order valence-corrected chi connectivity index (χ3v) is 14.6. The zero-order valence-corrected chi connectivity index (χ0v) is 30.2. The van der Waals surface area contributed by atoms with Gasteiger partial charge in [0.25, 0.3) is 0 Å². The fourth-order valence-electron chi connectivity index (χ4n) is 7.03. The van der Waals surface area contributed by atoms with Crippen LogP contribution in [-0.4, -0.2) is 72.1 Å². The molecule has 0 spiro atoms. The van der Waals surface area contributed by atoms with E-state index in [0.717, 1.165) is 15.6 Å². The minimum absolute atomic E-state index is 0.0417. The second kappa shape index (κ2) is 13.9. The van der Waals surface area contributed by atoms with E-state index in [1.165, 1.54) is 21.9 Å². The number of benzene rings is 3. The molecular weight excluding hydrogens is 604 g/mol. The summed E-state index contributed by atoms with van der Waals surface area (Å²) < 4.78 is 54.1. The quantitative estimate of drug-likeness (QED) is 0.186. The van der Waals surface area contributed by atoms with Gasteiger partial charge in [-0.2, -0.15) is 0 Å². The standard InChI is InChI=1S/C36H46O9Si/c1-20-21(2)23(4)36(22(20)3)46(27-17-14-24(37-5)30(40-8)33(27)43-11,28-18-15-25(38-6)31(41-9)34(28)44-12)29-19-16-26(39-7)32(42-10)35(29)45-13/h14-19,22H,1-13H3. The number of allylic oxidation sites excluding steroid dienone is 4.